The van der Waals surface area contributed by atoms with E-state index in [0.29, 0.717) is 5.39 Å². The third kappa shape index (κ3) is 5.95. The number of nitrogens with one attached hydrogen (secondary N) is 2. The van der Waals surface area contributed by atoms with Gasteiger partial charge in [-0.15, -0.1) is 18.3 Å². The van der Waals surface area contributed by atoms with E-state index in [1.165, 1.54) is 24.4 Å². The van der Waals surface area contributed by atoms with Crippen molar-refractivity contribution in [3.63, 3.8) is 0 Å². The first kappa shape index (κ1) is 25.4. The number of benzene rings is 2. The van der Waals surface area contributed by atoms with Crippen molar-refractivity contribution in [2.24, 2.45) is 0 Å². The number of amides is 1. The van der Waals surface area contributed by atoms with Crippen molar-refractivity contribution >= 4 is 28.2 Å². The van der Waals surface area contributed by atoms with Crippen LogP contribution in [0.1, 0.15) is 0 Å². The van der Waals surface area contributed by atoms with E-state index in [0.717, 1.165) is 21.4 Å². The van der Waals surface area contributed by atoms with Crippen molar-refractivity contribution < 1.29 is 27.8 Å². The topological polar surface area (TPSA) is 127 Å². The Hall–Kier alpha value is -4.65. The van der Waals surface area contributed by atoms with Crippen LogP contribution in [0.25, 0.3) is 16.5 Å². The van der Waals surface area contributed by atoms with Gasteiger partial charge in [0.1, 0.15) is 18.0 Å². The Morgan fingerprint density at radius 2 is 1.68 bits per heavy atom. The molecule has 10 nitrogen and oxygen atoms in total. The Labute approximate surface area is 206 Å². The van der Waals surface area contributed by atoms with E-state index in [9.17, 15) is 27.6 Å². The van der Waals surface area contributed by atoms with Crippen LogP contribution in [-0.2, 0) is 11.3 Å². The van der Waals surface area contributed by atoms with Crippen LogP contribution in [0.4, 0.5) is 24.7 Å². The van der Waals surface area contributed by atoms with Crippen LogP contribution in [0, 0.1) is 0 Å². The largest absolute Gasteiger partial charge is 0.573 e. The molecule has 192 valence electrons. The number of fused-ring (bicyclic) bond motifs is 1. The molecule has 37 heavy (non-hydrogen) atoms. The minimum Gasteiger partial charge on any atom is -0.406 e. The van der Waals surface area contributed by atoms with Gasteiger partial charge in [-0.3, -0.25) is 14.4 Å². The van der Waals surface area contributed by atoms with Gasteiger partial charge in [-0.25, -0.2) is 0 Å². The molecule has 0 aliphatic rings. The van der Waals surface area contributed by atoms with Gasteiger partial charge in [-0.1, -0.05) is 18.2 Å². The van der Waals surface area contributed by atoms with E-state index in [4.69, 9.17) is 5.11 Å². The second kappa shape index (κ2) is 10.5. The van der Waals surface area contributed by atoms with Gasteiger partial charge < -0.3 is 25.0 Å². The summed E-state index contributed by atoms with van der Waals surface area (Å²) in [5, 5.41) is 19.2. The van der Waals surface area contributed by atoms with E-state index in [1.54, 1.807) is 30.3 Å². The molecule has 0 unspecified atom stereocenters. The lowest BCUT2D eigenvalue weighted by atomic mass is 10.2. The van der Waals surface area contributed by atoms with Crippen molar-refractivity contribution in [1.82, 2.24) is 19.7 Å². The molecule has 0 bridgehead atoms. The maximum Gasteiger partial charge on any atom is 0.573 e. The Morgan fingerprint density at radius 1 is 0.973 bits per heavy atom. The van der Waals surface area contributed by atoms with Gasteiger partial charge >= 0.3 is 6.36 Å². The smallest absolute Gasteiger partial charge is 0.406 e. The summed E-state index contributed by atoms with van der Waals surface area (Å²) in [5.41, 5.74) is -0.843. The third-order valence-corrected chi connectivity index (χ3v) is 5.14. The number of anilines is 2. The summed E-state index contributed by atoms with van der Waals surface area (Å²) in [5.74, 6) is -0.801. The molecule has 2 aromatic heterocycles. The van der Waals surface area contributed by atoms with Crippen LogP contribution < -0.4 is 26.5 Å². The summed E-state index contributed by atoms with van der Waals surface area (Å²) < 4.78 is 43.5. The van der Waals surface area contributed by atoms with Gasteiger partial charge in [0.25, 0.3) is 11.1 Å². The second-order valence-electron chi connectivity index (χ2n) is 7.71. The van der Waals surface area contributed by atoms with Gasteiger partial charge in [0.15, 0.2) is 5.82 Å². The quantitative estimate of drug-likeness (QED) is 0.329. The van der Waals surface area contributed by atoms with E-state index >= 15 is 0 Å². The molecule has 3 N–H and O–H groups in total. The van der Waals surface area contributed by atoms with Crippen LogP contribution in [0.3, 0.4) is 0 Å². The zero-order chi connectivity index (χ0) is 26.6. The van der Waals surface area contributed by atoms with Crippen molar-refractivity contribution in [2.45, 2.75) is 12.9 Å². The highest BCUT2D eigenvalue weighted by Gasteiger charge is 2.31. The van der Waals surface area contributed by atoms with Gasteiger partial charge in [0.05, 0.1) is 17.7 Å². The molecule has 13 heteroatoms. The summed E-state index contributed by atoms with van der Waals surface area (Å²) in [4.78, 5) is 38.1. The first-order valence-electron chi connectivity index (χ1n) is 10.9. The number of hydrogen-bond donors (Lipinski definition) is 3. The van der Waals surface area contributed by atoms with E-state index < -0.39 is 29.1 Å². The minimum atomic E-state index is -4.86. The van der Waals surface area contributed by atoms with Crippen LogP contribution in [0.15, 0.2) is 76.4 Å². The number of alkyl halides is 3. The van der Waals surface area contributed by atoms with Crippen molar-refractivity contribution in [3.05, 3.63) is 87.6 Å². The van der Waals surface area contributed by atoms with E-state index in [-0.39, 0.29) is 42.3 Å². The maximum atomic E-state index is 13.1. The summed E-state index contributed by atoms with van der Waals surface area (Å²) in [6, 6.07) is 14.1. The van der Waals surface area contributed by atoms with E-state index in [2.05, 4.69) is 20.5 Å². The zero-order valence-electron chi connectivity index (χ0n) is 19.0. The molecule has 0 atom stereocenters. The molecule has 0 saturated carbocycles. The number of carbonyl (C=O) groups excluding carboxylic acids is 1. The molecule has 2 aromatic carbocycles. The molecule has 4 aromatic rings. The van der Waals surface area contributed by atoms with Crippen LogP contribution in [0.2, 0.25) is 0 Å². The number of halogens is 3. The third-order valence-electron chi connectivity index (χ3n) is 5.14. The lowest BCUT2D eigenvalue weighted by Crippen LogP contribution is -2.34. The Morgan fingerprint density at radius 3 is 2.35 bits per heavy atom. The lowest BCUT2D eigenvalue weighted by molar-refractivity contribution is -0.274. The predicted molar refractivity (Wildman–Crippen MR) is 128 cm³/mol. The van der Waals surface area contributed by atoms with Gasteiger partial charge in [-0.2, -0.15) is 4.68 Å². The molecule has 0 spiro atoms. The number of carbonyl (C=O) groups is 1. The van der Waals surface area contributed by atoms with Crippen LogP contribution >= 0.6 is 0 Å². The van der Waals surface area contributed by atoms with Crippen LogP contribution in [0.5, 0.6) is 5.75 Å². The highest BCUT2D eigenvalue weighted by Crippen LogP contribution is 2.25. The number of aliphatic hydroxyl groups excluding tert-OH is 1. The molecular weight excluding hydrogens is 495 g/mol. The fourth-order valence-corrected chi connectivity index (χ4v) is 3.54. The predicted octanol–water partition coefficient (Wildman–Crippen LogP) is 2.30. The second-order valence-corrected chi connectivity index (χ2v) is 7.71. The number of pyridine rings is 1. The SMILES string of the molecule is O=C(Cn1cccc(Nc2nn(-c3ccc(OC(F)(F)F)cc3)c(=O)c3ccccc23)c1=O)NCCO. The molecule has 4 rings (SSSR count). The number of ether oxygens (including phenoxy) is 1. The molecule has 0 saturated heterocycles. The molecule has 2 heterocycles. The number of aromatic nitrogens is 3. The highest BCUT2D eigenvalue weighted by molar-refractivity contribution is 5.92. The molecule has 0 fully saturated rings. The first-order chi connectivity index (χ1) is 17.7. The standard InChI is InChI=1S/C24H20F3N5O5/c25-24(26,27)37-16-9-7-15(8-10-16)32-22(35)18-5-2-1-4-17(18)21(30-32)29-19-6-3-12-31(23(19)36)14-20(34)28-11-13-33/h1-10,12,33H,11,13-14H2,(H,28,34)(H,29,30). The van der Waals surface area contributed by atoms with Gasteiger partial charge in [0, 0.05) is 18.1 Å². The fraction of sp³-hybridized carbons (Fsp3) is 0.167. The van der Waals surface area contributed by atoms with Crippen molar-refractivity contribution in [3.8, 4) is 11.4 Å². The number of nitrogens with zero attached hydrogens (tertiary/aromatic N) is 3. The highest BCUT2D eigenvalue weighted by atomic mass is 19.4. The number of hydrogen-bond acceptors (Lipinski definition) is 7. The summed E-state index contributed by atoms with van der Waals surface area (Å²) >= 11 is 0. The molecular formula is C24H20F3N5O5. The minimum absolute atomic E-state index is 0.0479. The molecule has 0 aliphatic carbocycles. The molecule has 0 aliphatic heterocycles. The first-order valence-corrected chi connectivity index (χ1v) is 10.9. The van der Waals surface area contributed by atoms with E-state index in [1.807, 2.05) is 0 Å². The summed E-state index contributed by atoms with van der Waals surface area (Å²) in [6.07, 6.45) is -3.44. The fourth-order valence-electron chi connectivity index (χ4n) is 3.54. The lowest BCUT2D eigenvalue weighted by Gasteiger charge is -2.14. The Balaban J connectivity index is 1.73. The molecule has 0 radical (unpaired) electrons. The summed E-state index contributed by atoms with van der Waals surface area (Å²) in [7, 11) is 0. The number of rotatable bonds is 8. The normalized spacial score (nSPS) is 11.4. The monoisotopic (exact) mass is 515 g/mol. The Bertz CT molecular complexity index is 1550. The zero-order valence-corrected chi connectivity index (χ0v) is 19.0. The average molecular weight is 515 g/mol. The van der Waals surface area contributed by atoms with Gasteiger partial charge in [-0.05, 0) is 42.5 Å². The van der Waals surface area contributed by atoms with Crippen LogP contribution in [-0.4, -0.2) is 44.9 Å². The Kier molecular flexibility index (Phi) is 7.25. The number of aliphatic hydroxyl groups is 1. The molecule has 1 amide bonds. The average Bonchev–Trinajstić information content (AvgIpc) is 2.86. The van der Waals surface area contributed by atoms with Gasteiger partial charge in [0.2, 0.25) is 5.91 Å². The summed E-state index contributed by atoms with van der Waals surface area (Å²) in [6.45, 7) is -0.477. The van der Waals surface area contributed by atoms with Crippen molar-refractivity contribution in [1.29, 1.82) is 0 Å². The maximum absolute atomic E-state index is 13.1. The van der Waals surface area contributed by atoms with Crippen molar-refractivity contribution in [2.75, 3.05) is 18.5 Å².